The van der Waals surface area contributed by atoms with E-state index >= 15 is 0 Å². The van der Waals surface area contributed by atoms with Gasteiger partial charge < -0.3 is 16.0 Å². The van der Waals surface area contributed by atoms with Gasteiger partial charge in [-0.3, -0.25) is 9.59 Å². The van der Waals surface area contributed by atoms with E-state index in [0.717, 1.165) is 12.0 Å². The molecule has 2 amide bonds. The third kappa shape index (κ3) is 3.54. The first-order valence-electron chi connectivity index (χ1n) is 7.03. The largest absolute Gasteiger partial charge is 0.356 e. The molecular formula is C15H20ClN3O2. The normalized spacial score (nSPS) is 21.7. The Kier molecular flexibility index (Phi) is 5.20. The fourth-order valence-corrected chi connectivity index (χ4v) is 2.89. The molecule has 0 radical (unpaired) electrons. The highest BCUT2D eigenvalue weighted by Gasteiger charge is 2.42. The van der Waals surface area contributed by atoms with E-state index in [1.807, 2.05) is 18.2 Å². The molecule has 0 aliphatic carbocycles. The summed E-state index contributed by atoms with van der Waals surface area (Å²) in [5, 5.41) is 3.45. The van der Waals surface area contributed by atoms with Gasteiger partial charge in [0.25, 0.3) is 0 Å². The summed E-state index contributed by atoms with van der Waals surface area (Å²) in [5.41, 5.74) is 6.30. The van der Waals surface area contributed by atoms with E-state index in [-0.39, 0.29) is 24.3 Å². The summed E-state index contributed by atoms with van der Waals surface area (Å²) in [6.45, 7) is 1.06. The van der Waals surface area contributed by atoms with Crippen LogP contribution in [0.4, 0.5) is 0 Å². The van der Waals surface area contributed by atoms with E-state index in [4.69, 9.17) is 17.3 Å². The maximum atomic E-state index is 12.3. The van der Waals surface area contributed by atoms with Crippen LogP contribution in [0.15, 0.2) is 24.3 Å². The molecule has 21 heavy (non-hydrogen) atoms. The van der Waals surface area contributed by atoms with Crippen LogP contribution in [-0.2, 0) is 9.59 Å². The Morgan fingerprint density at radius 3 is 2.95 bits per heavy atom. The van der Waals surface area contributed by atoms with Crippen LogP contribution in [0.3, 0.4) is 0 Å². The fraction of sp³-hybridized carbons (Fsp3) is 0.467. The summed E-state index contributed by atoms with van der Waals surface area (Å²) in [6, 6.07) is 7.04. The van der Waals surface area contributed by atoms with Crippen molar-refractivity contribution in [2.45, 2.75) is 18.9 Å². The molecule has 2 atom stereocenters. The molecule has 1 fully saturated rings. The molecule has 6 heteroatoms. The SMILES string of the molecule is CN1C(=O)CC(C(=O)NCCCN)C1c1cccc(Cl)c1. The number of amides is 2. The maximum Gasteiger partial charge on any atom is 0.226 e. The average molecular weight is 310 g/mol. The minimum absolute atomic E-state index is 0.0287. The molecular weight excluding hydrogens is 290 g/mol. The highest BCUT2D eigenvalue weighted by atomic mass is 35.5. The molecule has 1 aliphatic rings. The van der Waals surface area contributed by atoms with Gasteiger partial charge in [-0.15, -0.1) is 0 Å². The van der Waals surface area contributed by atoms with Gasteiger partial charge in [-0.05, 0) is 30.7 Å². The van der Waals surface area contributed by atoms with Crippen molar-refractivity contribution < 1.29 is 9.59 Å². The number of rotatable bonds is 5. The summed E-state index contributed by atoms with van der Waals surface area (Å²) in [7, 11) is 1.72. The van der Waals surface area contributed by atoms with E-state index in [9.17, 15) is 9.59 Å². The maximum absolute atomic E-state index is 12.3. The van der Waals surface area contributed by atoms with Crippen LogP contribution >= 0.6 is 11.6 Å². The third-order valence-corrected chi connectivity index (χ3v) is 4.03. The highest BCUT2D eigenvalue weighted by Crippen LogP contribution is 2.37. The first kappa shape index (κ1) is 15.8. The summed E-state index contributed by atoms with van der Waals surface area (Å²) >= 11 is 6.02. The van der Waals surface area contributed by atoms with Gasteiger partial charge in [-0.25, -0.2) is 0 Å². The molecule has 2 rings (SSSR count). The Labute approximate surface area is 129 Å². The molecule has 3 N–H and O–H groups in total. The molecule has 2 unspecified atom stereocenters. The monoisotopic (exact) mass is 309 g/mol. The summed E-state index contributed by atoms with van der Waals surface area (Å²) in [4.78, 5) is 25.9. The molecule has 1 heterocycles. The number of halogens is 1. The second-order valence-electron chi connectivity index (χ2n) is 5.25. The van der Waals surface area contributed by atoms with E-state index < -0.39 is 5.92 Å². The third-order valence-electron chi connectivity index (χ3n) is 3.79. The van der Waals surface area contributed by atoms with Crippen LogP contribution in [0.2, 0.25) is 5.02 Å². The molecule has 0 aromatic heterocycles. The quantitative estimate of drug-likeness (QED) is 0.806. The lowest BCUT2D eigenvalue weighted by molar-refractivity contribution is -0.128. The molecule has 114 valence electrons. The van der Waals surface area contributed by atoms with E-state index in [0.29, 0.717) is 18.1 Å². The van der Waals surface area contributed by atoms with Crippen molar-refractivity contribution in [2.24, 2.45) is 11.7 Å². The topological polar surface area (TPSA) is 75.4 Å². The number of nitrogens with zero attached hydrogens (tertiary/aromatic N) is 1. The number of hydrogen-bond acceptors (Lipinski definition) is 3. The number of nitrogens with one attached hydrogen (secondary N) is 1. The van der Waals surface area contributed by atoms with Gasteiger partial charge in [0, 0.05) is 25.0 Å². The van der Waals surface area contributed by atoms with Crippen molar-refractivity contribution >= 4 is 23.4 Å². The van der Waals surface area contributed by atoms with Gasteiger partial charge in [-0.1, -0.05) is 23.7 Å². The van der Waals surface area contributed by atoms with Crippen molar-refractivity contribution in [3.05, 3.63) is 34.9 Å². The first-order valence-corrected chi connectivity index (χ1v) is 7.41. The van der Waals surface area contributed by atoms with Crippen LogP contribution in [-0.4, -0.2) is 36.9 Å². The molecule has 1 aliphatic heterocycles. The molecule has 1 aromatic carbocycles. The second-order valence-corrected chi connectivity index (χ2v) is 5.68. The predicted molar refractivity (Wildman–Crippen MR) is 81.8 cm³/mol. The molecule has 0 bridgehead atoms. The summed E-state index contributed by atoms with van der Waals surface area (Å²) in [6.07, 6.45) is 0.951. The van der Waals surface area contributed by atoms with Gasteiger partial charge in [0.05, 0.1) is 12.0 Å². The van der Waals surface area contributed by atoms with Crippen LogP contribution in [0.25, 0.3) is 0 Å². The molecule has 5 nitrogen and oxygen atoms in total. The Morgan fingerprint density at radius 2 is 2.29 bits per heavy atom. The Bertz CT molecular complexity index is 535. The van der Waals surface area contributed by atoms with Gasteiger partial charge in [-0.2, -0.15) is 0 Å². The van der Waals surface area contributed by atoms with Crippen LogP contribution < -0.4 is 11.1 Å². The Morgan fingerprint density at radius 1 is 1.52 bits per heavy atom. The Hall–Kier alpha value is -1.59. The van der Waals surface area contributed by atoms with Gasteiger partial charge in [0.1, 0.15) is 0 Å². The number of carbonyl (C=O) groups excluding carboxylic acids is 2. The highest BCUT2D eigenvalue weighted by molar-refractivity contribution is 6.30. The van der Waals surface area contributed by atoms with Crippen molar-refractivity contribution in [2.75, 3.05) is 20.1 Å². The zero-order valence-corrected chi connectivity index (χ0v) is 12.8. The minimum Gasteiger partial charge on any atom is -0.356 e. The van der Waals surface area contributed by atoms with E-state index in [2.05, 4.69) is 5.32 Å². The van der Waals surface area contributed by atoms with Crippen LogP contribution in [0.1, 0.15) is 24.4 Å². The average Bonchev–Trinajstić information content (AvgIpc) is 2.75. The van der Waals surface area contributed by atoms with Gasteiger partial charge in [0.2, 0.25) is 11.8 Å². The number of hydrogen-bond donors (Lipinski definition) is 2. The predicted octanol–water partition coefficient (Wildman–Crippen LogP) is 1.32. The number of likely N-dealkylation sites (tertiary alicyclic amines) is 1. The van der Waals surface area contributed by atoms with E-state index in [1.165, 1.54) is 0 Å². The smallest absolute Gasteiger partial charge is 0.226 e. The second kappa shape index (κ2) is 6.91. The summed E-state index contributed by atoms with van der Waals surface area (Å²) < 4.78 is 0. The van der Waals surface area contributed by atoms with Crippen molar-refractivity contribution in [1.82, 2.24) is 10.2 Å². The number of nitrogens with two attached hydrogens (primary N) is 1. The minimum atomic E-state index is -0.390. The zero-order valence-electron chi connectivity index (χ0n) is 12.0. The van der Waals surface area contributed by atoms with Crippen LogP contribution in [0.5, 0.6) is 0 Å². The standard InChI is InChI=1S/C15H20ClN3O2/c1-19-13(20)9-12(15(21)18-7-3-6-17)14(19)10-4-2-5-11(16)8-10/h2,4-5,8,12,14H,3,6-7,9,17H2,1H3,(H,18,21). The lowest BCUT2D eigenvalue weighted by atomic mass is 9.93. The Balaban J connectivity index is 2.19. The van der Waals surface area contributed by atoms with Crippen molar-refractivity contribution in [1.29, 1.82) is 0 Å². The lowest BCUT2D eigenvalue weighted by Crippen LogP contribution is -2.35. The van der Waals surface area contributed by atoms with Crippen molar-refractivity contribution in [3.8, 4) is 0 Å². The van der Waals surface area contributed by atoms with Gasteiger partial charge in [0.15, 0.2) is 0 Å². The first-order chi connectivity index (χ1) is 10.0. The lowest BCUT2D eigenvalue weighted by Gasteiger charge is -2.25. The molecule has 1 saturated heterocycles. The molecule has 0 spiro atoms. The molecule has 1 aromatic rings. The van der Waals surface area contributed by atoms with Gasteiger partial charge >= 0.3 is 0 Å². The van der Waals surface area contributed by atoms with E-state index in [1.54, 1.807) is 18.0 Å². The zero-order chi connectivity index (χ0) is 15.4. The molecule has 0 saturated carbocycles. The number of benzene rings is 1. The number of carbonyl (C=O) groups is 2. The fourth-order valence-electron chi connectivity index (χ4n) is 2.70. The summed E-state index contributed by atoms with van der Waals surface area (Å²) in [5.74, 6) is -0.524. The van der Waals surface area contributed by atoms with Crippen LogP contribution in [0, 0.1) is 5.92 Å². The van der Waals surface area contributed by atoms with Crippen molar-refractivity contribution in [3.63, 3.8) is 0 Å².